The van der Waals surface area contributed by atoms with Gasteiger partial charge in [0.1, 0.15) is 6.54 Å². The van der Waals surface area contributed by atoms with E-state index in [2.05, 4.69) is 15.2 Å². The van der Waals surface area contributed by atoms with Gasteiger partial charge in [-0.25, -0.2) is 23.9 Å². The molecule has 2 aromatic carbocycles. The van der Waals surface area contributed by atoms with E-state index >= 15 is 0 Å². The van der Waals surface area contributed by atoms with Crippen LogP contribution in [0.25, 0.3) is 17.1 Å². The number of halogens is 5. The maximum atomic E-state index is 13.1. The fourth-order valence-electron chi connectivity index (χ4n) is 3.43. The van der Waals surface area contributed by atoms with Crippen molar-refractivity contribution >= 4 is 29.3 Å². The zero-order valence-electron chi connectivity index (χ0n) is 19.1. The predicted octanol–water partition coefficient (Wildman–Crippen LogP) is 3.17. The first-order valence-electron chi connectivity index (χ1n) is 10.7. The lowest BCUT2D eigenvalue weighted by molar-refractivity contribution is -0.207. The minimum absolute atomic E-state index is 0.0128. The summed E-state index contributed by atoms with van der Waals surface area (Å²) in [6.45, 7) is -1.83. The van der Waals surface area contributed by atoms with Crippen LogP contribution in [-0.2, 0) is 24.4 Å². The lowest BCUT2D eigenvalue weighted by atomic mass is 10.2. The van der Waals surface area contributed by atoms with Crippen LogP contribution in [-0.4, -0.2) is 52.6 Å². The van der Waals surface area contributed by atoms with Crippen LogP contribution in [0.15, 0.2) is 53.3 Å². The second kappa shape index (κ2) is 10.8. The molecule has 0 bridgehead atoms. The summed E-state index contributed by atoms with van der Waals surface area (Å²) in [6, 6.07) is 12.4. The molecule has 2 heterocycles. The molecule has 0 aliphatic heterocycles. The summed E-state index contributed by atoms with van der Waals surface area (Å²) in [4.78, 5) is 28.5. The van der Waals surface area contributed by atoms with Crippen LogP contribution in [0, 0.1) is 0 Å². The second-order valence-corrected chi connectivity index (χ2v) is 8.76. The zero-order valence-corrected chi connectivity index (χ0v) is 20.7. The lowest BCUT2D eigenvalue weighted by Gasteiger charge is -2.15. The van der Waals surface area contributed by atoms with E-state index in [-0.39, 0.29) is 36.2 Å². The topological polar surface area (TPSA) is 143 Å². The number of primary amides is 1. The third kappa shape index (κ3) is 6.15. The third-order valence-corrected chi connectivity index (χ3v) is 5.65. The van der Waals surface area contributed by atoms with E-state index in [9.17, 15) is 27.9 Å². The lowest BCUT2D eigenvalue weighted by Crippen LogP contribution is -2.37. The molecule has 0 saturated heterocycles. The summed E-state index contributed by atoms with van der Waals surface area (Å²) in [5, 5.41) is 18.9. The van der Waals surface area contributed by atoms with Crippen LogP contribution in [0.1, 0.15) is 11.6 Å². The van der Waals surface area contributed by atoms with Gasteiger partial charge in [0.15, 0.2) is 30.2 Å². The number of carbonyl (C=O) groups excluding carboxylic acids is 1. The summed E-state index contributed by atoms with van der Waals surface area (Å²) in [6.07, 6.45) is -8.84. The molecule has 11 nitrogen and oxygen atoms in total. The SMILES string of the molecule is NC(=O)OCc1nc(Cn2nc(-c3ccc(Cl)cc3)n(CC(O)C(F)(F)F)c2=O)nn1-c1cccc(Cl)c1. The molecule has 0 aliphatic carbocycles. The van der Waals surface area contributed by atoms with Crippen molar-refractivity contribution in [3.05, 3.63) is 80.7 Å². The van der Waals surface area contributed by atoms with E-state index in [4.69, 9.17) is 33.7 Å². The first-order chi connectivity index (χ1) is 17.9. The van der Waals surface area contributed by atoms with Crippen LogP contribution in [0.2, 0.25) is 10.0 Å². The van der Waals surface area contributed by atoms with E-state index in [0.717, 1.165) is 4.68 Å². The Labute approximate surface area is 221 Å². The van der Waals surface area contributed by atoms with E-state index in [1.54, 1.807) is 24.3 Å². The van der Waals surface area contributed by atoms with Crippen LogP contribution in [0.3, 0.4) is 0 Å². The molecule has 4 aromatic rings. The Balaban J connectivity index is 1.75. The number of ether oxygens (including phenoxy) is 1. The molecule has 1 atom stereocenters. The van der Waals surface area contributed by atoms with Crippen LogP contribution in [0.4, 0.5) is 18.0 Å². The van der Waals surface area contributed by atoms with Crippen molar-refractivity contribution in [2.75, 3.05) is 0 Å². The third-order valence-electron chi connectivity index (χ3n) is 5.16. The maximum absolute atomic E-state index is 13.1. The Morgan fingerprint density at radius 3 is 2.45 bits per heavy atom. The average molecular weight is 572 g/mol. The molecule has 0 radical (unpaired) electrons. The average Bonchev–Trinajstić information content (AvgIpc) is 3.39. The molecule has 0 saturated carbocycles. The van der Waals surface area contributed by atoms with Crippen molar-refractivity contribution in [1.29, 1.82) is 0 Å². The molecular weight excluding hydrogens is 554 g/mol. The van der Waals surface area contributed by atoms with E-state index < -0.39 is 30.6 Å². The summed E-state index contributed by atoms with van der Waals surface area (Å²) in [5.41, 5.74) is 4.84. The van der Waals surface area contributed by atoms with E-state index in [1.807, 2.05) is 0 Å². The first kappa shape index (κ1) is 27.2. The standard InChI is InChI=1S/C22H18Cl2F3N7O4/c23-13-6-4-12(5-7-13)19-31-33(21(37)32(19)9-16(35)22(25,26)27)10-17-29-18(11-38-20(28)36)34(30-17)15-3-1-2-14(24)8-15/h1-8,16,35H,9-11H2,(H2,28,36). The zero-order chi connectivity index (χ0) is 27.6. The van der Waals surface area contributed by atoms with Crippen LogP contribution in [0.5, 0.6) is 0 Å². The number of aliphatic hydroxyl groups is 1. The van der Waals surface area contributed by atoms with Crippen molar-refractivity contribution in [2.45, 2.75) is 32.0 Å². The summed E-state index contributed by atoms with van der Waals surface area (Å²) in [7, 11) is 0. The Bertz CT molecular complexity index is 1520. The Morgan fingerprint density at radius 1 is 1.11 bits per heavy atom. The monoisotopic (exact) mass is 571 g/mol. The van der Waals surface area contributed by atoms with Gasteiger partial charge in [-0.1, -0.05) is 29.3 Å². The van der Waals surface area contributed by atoms with Crippen molar-refractivity contribution in [3.8, 4) is 17.1 Å². The van der Waals surface area contributed by atoms with Gasteiger partial charge in [0, 0.05) is 15.6 Å². The number of rotatable bonds is 8. The highest BCUT2D eigenvalue weighted by Gasteiger charge is 2.39. The van der Waals surface area contributed by atoms with Gasteiger partial charge in [-0.15, -0.1) is 10.2 Å². The smallest absolute Gasteiger partial charge is 0.416 e. The van der Waals surface area contributed by atoms with Gasteiger partial charge in [-0.05, 0) is 42.5 Å². The number of aromatic nitrogens is 6. The van der Waals surface area contributed by atoms with E-state index in [0.29, 0.717) is 20.3 Å². The molecular formula is C22H18Cl2F3N7O4. The normalized spacial score (nSPS) is 12.5. The number of aliphatic hydroxyl groups excluding tert-OH is 1. The number of benzene rings is 2. The van der Waals surface area contributed by atoms with Gasteiger partial charge in [0.2, 0.25) is 0 Å². The molecule has 3 N–H and O–H groups in total. The first-order valence-corrected chi connectivity index (χ1v) is 11.5. The summed E-state index contributed by atoms with van der Waals surface area (Å²) in [5.74, 6) is -0.000635. The maximum Gasteiger partial charge on any atom is 0.416 e. The van der Waals surface area contributed by atoms with Gasteiger partial charge in [-0.2, -0.15) is 13.2 Å². The van der Waals surface area contributed by atoms with Crippen molar-refractivity contribution < 1.29 is 27.8 Å². The Hall–Kier alpha value is -3.88. The molecule has 0 spiro atoms. The Kier molecular flexibility index (Phi) is 7.76. The molecule has 1 amide bonds. The largest absolute Gasteiger partial charge is 0.441 e. The molecule has 0 aliphatic rings. The van der Waals surface area contributed by atoms with Gasteiger partial charge in [0.05, 0.1) is 12.2 Å². The highest BCUT2D eigenvalue weighted by molar-refractivity contribution is 6.31. The van der Waals surface area contributed by atoms with Crippen LogP contribution >= 0.6 is 23.2 Å². The highest BCUT2D eigenvalue weighted by Crippen LogP contribution is 2.24. The molecule has 1 unspecified atom stereocenters. The number of nitrogens with zero attached hydrogens (tertiary/aromatic N) is 6. The predicted molar refractivity (Wildman–Crippen MR) is 129 cm³/mol. The number of nitrogens with two attached hydrogens (primary N) is 1. The minimum Gasteiger partial charge on any atom is -0.441 e. The van der Waals surface area contributed by atoms with E-state index in [1.165, 1.54) is 28.9 Å². The van der Waals surface area contributed by atoms with Gasteiger partial charge < -0.3 is 15.6 Å². The van der Waals surface area contributed by atoms with Gasteiger partial charge >= 0.3 is 18.0 Å². The molecule has 38 heavy (non-hydrogen) atoms. The second-order valence-electron chi connectivity index (χ2n) is 7.88. The number of hydrogen-bond donors (Lipinski definition) is 2. The number of alkyl halides is 3. The van der Waals surface area contributed by atoms with Gasteiger partial charge in [0.25, 0.3) is 0 Å². The van der Waals surface area contributed by atoms with Crippen molar-refractivity contribution in [1.82, 2.24) is 29.1 Å². The molecule has 0 fully saturated rings. The van der Waals surface area contributed by atoms with Gasteiger partial charge in [-0.3, -0.25) is 4.57 Å². The fourth-order valence-corrected chi connectivity index (χ4v) is 3.74. The summed E-state index contributed by atoms with van der Waals surface area (Å²) >= 11 is 12.0. The van der Waals surface area contributed by atoms with Crippen molar-refractivity contribution in [3.63, 3.8) is 0 Å². The highest BCUT2D eigenvalue weighted by atomic mass is 35.5. The molecule has 2 aromatic heterocycles. The molecule has 4 rings (SSSR count). The Morgan fingerprint density at radius 2 is 1.82 bits per heavy atom. The number of amides is 1. The van der Waals surface area contributed by atoms with Crippen LogP contribution < -0.4 is 11.4 Å². The summed E-state index contributed by atoms with van der Waals surface area (Å²) < 4.78 is 46.9. The van der Waals surface area contributed by atoms with Crippen molar-refractivity contribution in [2.24, 2.45) is 5.73 Å². The quantitative estimate of drug-likeness (QED) is 0.330. The number of hydrogen-bond acceptors (Lipinski definition) is 7. The molecule has 16 heteroatoms. The minimum atomic E-state index is -4.97. The fraction of sp³-hybridized carbons (Fsp3) is 0.227. The number of carbonyl (C=O) groups is 1. The molecule has 200 valence electrons.